The highest BCUT2D eigenvalue weighted by atomic mass is 16.5. The summed E-state index contributed by atoms with van der Waals surface area (Å²) in [5.74, 6) is -1.42. The van der Waals surface area contributed by atoms with Crippen LogP contribution in [0.25, 0.3) is 0 Å². The molecule has 122 valence electrons. The lowest BCUT2D eigenvalue weighted by atomic mass is 10.1. The number of anilines is 1. The number of hydrogen-bond acceptors (Lipinski definition) is 5. The molecule has 2 amide bonds. The summed E-state index contributed by atoms with van der Waals surface area (Å²) in [6, 6.07) is 4.88. The maximum absolute atomic E-state index is 12.7. The largest absolute Gasteiger partial charge is 0.479 e. The van der Waals surface area contributed by atoms with E-state index < -0.39 is 18.2 Å². The van der Waals surface area contributed by atoms with Gasteiger partial charge in [-0.2, -0.15) is 0 Å². The van der Waals surface area contributed by atoms with Crippen LogP contribution in [0, 0.1) is 0 Å². The minimum Gasteiger partial charge on any atom is -0.479 e. The molecule has 3 rings (SSSR count). The molecule has 2 atom stereocenters. The Morgan fingerprint density at radius 3 is 2.91 bits per heavy atom. The summed E-state index contributed by atoms with van der Waals surface area (Å²) in [7, 11) is 0. The van der Waals surface area contributed by atoms with E-state index in [-0.39, 0.29) is 25.0 Å². The summed E-state index contributed by atoms with van der Waals surface area (Å²) in [4.78, 5) is 36.8. The molecule has 0 aliphatic carbocycles. The highest BCUT2D eigenvalue weighted by Crippen LogP contribution is 2.34. The number of rotatable bonds is 2. The molecule has 8 nitrogen and oxygen atoms in total. The number of carbonyl (C=O) groups is 3. The molecule has 1 aromatic carbocycles. The zero-order chi connectivity index (χ0) is 16.6. The van der Waals surface area contributed by atoms with E-state index in [1.54, 1.807) is 25.1 Å². The smallest absolute Gasteiger partial charge is 0.334 e. The van der Waals surface area contributed by atoms with Crippen molar-refractivity contribution in [2.75, 3.05) is 25.0 Å². The Morgan fingerprint density at radius 1 is 1.39 bits per heavy atom. The van der Waals surface area contributed by atoms with Gasteiger partial charge >= 0.3 is 5.97 Å². The summed E-state index contributed by atoms with van der Waals surface area (Å²) in [5.41, 5.74) is 0.724. The van der Waals surface area contributed by atoms with Gasteiger partial charge < -0.3 is 24.8 Å². The fraction of sp³-hybridized carbons (Fsp3) is 0.400. The summed E-state index contributed by atoms with van der Waals surface area (Å²) in [5, 5.41) is 11.7. The molecule has 1 aromatic rings. The number of nitrogens with one attached hydrogen (secondary N) is 1. The van der Waals surface area contributed by atoms with Gasteiger partial charge in [0.1, 0.15) is 0 Å². The molecule has 2 heterocycles. The number of ether oxygens (including phenoxy) is 2. The van der Waals surface area contributed by atoms with Gasteiger partial charge in [-0.15, -0.1) is 0 Å². The van der Waals surface area contributed by atoms with Crippen molar-refractivity contribution in [2.24, 2.45) is 0 Å². The van der Waals surface area contributed by atoms with Crippen LogP contribution in [0.2, 0.25) is 0 Å². The van der Waals surface area contributed by atoms with E-state index in [0.29, 0.717) is 23.5 Å². The molecule has 1 saturated heterocycles. The van der Waals surface area contributed by atoms with Gasteiger partial charge in [-0.1, -0.05) is 6.07 Å². The number of benzene rings is 1. The first-order chi connectivity index (χ1) is 11.0. The van der Waals surface area contributed by atoms with Gasteiger partial charge in [-0.25, -0.2) is 4.79 Å². The molecule has 23 heavy (non-hydrogen) atoms. The van der Waals surface area contributed by atoms with Crippen LogP contribution >= 0.6 is 0 Å². The van der Waals surface area contributed by atoms with Crippen molar-refractivity contribution in [2.45, 2.75) is 19.1 Å². The van der Waals surface area contributed by atoms with E-state index in [0.717, 1.165) is 0 Å². The van der Waals surface area contributed by atoms with Crippen molar-refractivity contribution in [3.63, 3.8) is 0 Å². The van der Waals surface area contributed by atoms with E-state index >= 15 is 0 Å². The Labute approximate surface area is 132 Å². The highest BCUT2D eigenvalue weighted by Gasteiger charge is 2.33. The quantitative estimate of drug-likeness (QED) is 0.814. The standard InChI is InChI=1S/C15H16N2O6/c1-8-13(18)16-10-4-2-3-9(12(10)23-8)14(19)17-5-6-22-11(7-17)15(20)21/h2-4,8,11H,5-7H2,1H3,(H,16,18)(H,20,21). The van der Waals surface area contributed by atoms with E-state index in [2.05, 4.69) is 5.32 Å². The second-order valence-electron chi connectivity index (χ2n) is 5.38. The Hall–Kier alpha value is -2.61. The van der Waals surface area contributed by atoms with Gasteiger partial charge in [0.2, 0.25) is 0 Å². The van der Waals surface area contributed by atoms with Gasteiger partial charge in [0.25, 0.3) is 11.8 Å². The lowest BCUT2D eigenvalue weighted by Gasteiger charge is -2.32. The molecule has 2 N–H and O–H groups in total. The lowest BCUT2D eigenvalue weighted by molar-refractivity contribution is -0.154. The molecule has 8 heteroatoms. The number of hydrogen-bond donors (Lipinski definition) is 2. The van der Waals surface area contributed by atoms with E-state index in [1.807, 2.05) is 0 Å². The molecule has 0 aromatic heterocycles. The van der Waals surface area contributed by atoms with Crippen molar-refractivity contribution in [1.82, 2.24) is 4.90 Å². The number of carboxylic acids is 1. The molecule has 0 spiro atoms. The van der Waals surface area contributed by atoms with Crippen molar-refractivity contribution in [3.8, 4) is 5.75 Å². The van der Waals surface area contributed by atoms with Gasteiger partial charge in [0.15, 0.2) is 18.0 Å². The Kier molecular flexibility index (Phi) is 3.91. The summed E-state index contributed by atoms with van der Waals surface area (Å²) in [6.07, 6.45) is -1.74. The third-order valence-corrected chi connectivity index (χ3v) is 3.80. The number of carboxylic acid groups (broad SMARTS) is 1. The third-order valence-electron chi connectivity index (χ3n) is 3.80. The van der Waals surface area contributed by atoms with Gasteiger partial charge in [-0.05, 0) is 19.1 Å². The molecule has 2 unspecified atom stereocenters. The number of nitrogens with zero attached hydrogens (tertiary/aromatic N) is 1. The Bertz CT molecular complexity index is 674. The number of aliphatic carboxylic acids is 1. The third kappa shape index (κ3) is 2.85. The van der Waals surface area contributed by atoms with Crippen molar-refractivity contribution in [3.05, 3.63) is 23.8 Å². The van der Waals surface area contributed by atoms with Crippen LogP contribution in [0.5, 0.6) is 5.75 Å². The summed E-state index contributed by atoms with van der Waals surface area (Å²) >= 11 is 0. The maximum Gasteiger partial charge on any atom is 0.334 e. The maximum atomic E-state index is 12.7. The highest BCUT2D eigenvalue weighted by molar-refractivity contribution is 6.04. The van der Waals surface area contributed by atoms with Gasteiger partial charge in [-0.3, -0.25) is 9.59 Å². The summed E-state index contributed by atoms with van der Waals surface area (Å²) < 4.78 is 10.7. The first-order valence-electron chi connectivity index (χ1n) is 7.21. The normalized spacial score (nSPS) is 23.5. The number of para-hydroxylation sites is 1. The molecule has 0 saturated carbocycles. The molecule has 0 radical (unpaired) electrons. The minimum atomic E-state index is -1.10. The molecule has 2 aliphatic rings. The average Bonchev–Trinajstić information content (AvgIpc) is 2.55. The van der Waals surface area contributed by atoms with Crippen LogP contribution in [0.1, 0.15) is 17.3 Å². The fourth-order valence-corrected chi connectivity index (χ4v) is 2.55. The first kappa shape index (κ1) is 15.3. The number of amides is 2. The van der Waals surface area contributed by atoms with Crippen molar-refractivity contribution < 1.29 is 29.0 Å². The van der Waals surface area contributed by atoms with Crippen molar-refractivity contribution in [1.29, 1.82) is 0 Å². The van der Waals surface area contributed by atoms with Crippen LogP contribution in [0.3, 0.4) is 0 Å². The second-order valence-corrected chi connectivity index (χ2v) is 5.38. The van der Waals surface area contributed by atoms with E-state index in [4.69, 9.17) is 14.6 Å². The Balaban J connectivity index is 1.87. The predicted molar refractivity (Wildman–Crippen MR) is 78.4 cm³/mol. The van der Waals surface area contributed by atoms with Crippen LogP contribution in [0.4, 0.5) is 5.69 Å². The molecular formula is C15H16N2O6. The van der Waals surface area contributed by atoms with Crippen LogP contribution < -0.4 is 10.1 Å². The van der Waals surface area contributed by atoms with Gasteiger partial charge in [0, 0.05) is 6.54 Å². The topological polar surface area (TPSA) is 105 Å². The molecule has 1 fully saturated rings. The fourth-order valence-electron chi connectivity index (χ4n) is 2.55. The van der Waals surface area contributed by atoms with Crippen LogP contribution in [-0.4, -0.2) is 59.7 Å². The summed E-state index contributed by atoms with van der Waals surface area (Å²) in [6.45, 7) is 2.02. The minimum absolute atomic E-state index is 0.0280. The molecular weight excluding hydrogens is 304 g/mol. The predicted octanol–water partition coefficient (Wildman–Crippen LogP) is 0.332. The number of morpholine rings is 1. The van der Waals surface area contributed by atoms with Crippen LogP contribution in [-0.2, 0) is 14.3 Å². The van der Waals surface area contributed by atoms with Crippen molar-refractivity contribution >= 4 is 23.5 Å². The number of fused-ring (bicyclic) bond motifs is 1. The second kappa shape index (κ2) is 5.88. The van der Waals surface area contributed by atoms with E-state index in [9.17, 15) is 14.4 Å². The average molecular weight is 320 g/mol. The Morgan fingerprint density at radius 2 is 2.17 bits per heavy atom. The monoisotopic (exact) mass is 320 g/mol. The van der Waals surface area contributed by atoms with E-state index in [1.165, 1.54) is 4.90 Å². The SMILES string of the molecule is CC1Oc2c(cccc2C(=O)N2CCOC(C(=O)O)C2)NC1=O. The first-order valence-corrected chi connectivity index (χ1v) is 7.21. The zero-order valence-corrected chi connectivity index (χ0v) is 12.4. The molecule has 2 aliphatic heterocycles. The number of carbonyl (C=O) groups excluding carboxylic acids is 2. The molecule has 0 bridgehead atoms. The zero-order valence-electron chi connectivity index (χ0n) is 12.4. The van der Waals surface area contributed by atoms with Gasteiger partial charge in [0.05, 0.1) is 24.4 Å². The van der Waals surface area contributed by atoms with Crippen LogP contribution in [0.15, 0.2) is 18.2 Å². The lowest BCUT2D eigenvalue weighted by Crippen LogP contribution is -2.48.